The third-order valence-electron chi connectivity index (χ3n) is 2.58. The minimum atomic E-state index is -0.384. The van der Waals surface area contributed by atoms with E-state index in [-0.39, 0.29) is 12.1 Å². The number of nitrogens with one attached hydrogen (secondary N) is 1. The summed E-state index contributed by atoms with van der Waals surface area (Å²) in [4.78, 5) is 11.1. The average Bonchev–Trinajstić information content (AvgIpc) is 2.37. The fourth-order valence-corrected chi connectivity index (χ4v) is 1.66. The molecule has 0 spiro atoms. The van der Waals surface area contributed by atoms with E-state index in [2.05, 4.69) is 28.8 Å². The molecule has 0 aliphatic carbocycles. The molecule has 17 heavy (non-hydrogen) atoms. The van der Waals surface area contributed by atoms with Crippen LogP contribution in [0.15, 0.2) is 43.0 Å². The van der Waals surface area contributed by atoms with Crippen molar-refractivity contribution in [2.75, 3.05) is 7.11 Å². The van der Waals surface area contributed by atoms with Crippen LogP contribution in [0.3, 0.4) is 0 Å². The number of aryl methyl sites for hydroxylation is 1. The number of amides is 1. The number of hydrogen-bond acceptors (Lipinski definition) is 2. The largest absolute Gasteiger partial charge is 0.453 e. The third-order valence-corrected chi connectivity index (χ3v) is 2.58. The number of ether oxygens (including phenoxy) is 1. The van der Waals surface area contributed by atoms with E-state index in [1.807, 2.05) is 24.3 Å². The van der Waals surface area contributed by atoms with Gasteiger partial charge in [-0.1, -0.05) is 36.4 Å². The summed E-state index contributed by atoms with van der Waals surface area (Å²) in [6.45, 7) is 3.70. The zero-order valence-corrected chi connectivity index (χ0v) is 10.2. The minimum Gasteiger partial charge on any atom is -0.453 e. The first-order valence-electron chi connectivity index (χ1n) is 5.75. The first-order chi connectivity index (χ1) is 8.26. The van der Waals surface area contributed by atoms with Gasteiger partial charge in [0, 0.05) is 6.04 Å². The van der Waals surface area contributed by atoms with Crippen molar-refractivity contribution in [3.05, 3.63) is 48.6 Å². The number of rotatable bonds is 6. The van der Waals surface area contributed by atoms with E-state index >= 15 is 0 Å². The van der Waals surface area contributed by atoms with Gasteiger partial charge in [-0.2, -0.15) is 0 Å². The summed E-state index contributed by atoms with van der Waals surface area (Å²) in [5, 5.41) is 2.81. The van der Waals surface area contributed by atoms with Gasteiger partial charge in [0.05, 0.1) is 7.11 Å². The van der Waals surface area contributed by atoms with Crippen molar-refractivity contribution in [3.8, 4) is 0 Å². The van der Waals surface area contributed by atoms with Gasteiger partial charge in [0.25, 0.3) is 0 Å². The van der Waals surface area contributed by atoms with Crippen LogP contribution in [-0.2, 0) is 11.2 Å². The number of carbonyl (C=O) groups is 1. The third kappa shape index (κ3) is 5.20. The highest BCUT2D eigenvalue weighted by Gasteiger charge is 2.10. The molecular formula is C14H19NO2. The smallest absolute Gasteiger partial charge is 0.407 e. The van der Waals surface area contributed by atoms with Gasteiger partial charge in [-0.3, -0.25) is 0 Å². The van der Waals surface area contributed by atoms with Crippen molar-refractivity contribution in [2.24, 2.45) is 0 Å². The van der Waals surface area contributed by atoms with Gasteiger partial charge in [-0.05, 0) is 24.8 Å². The lowest BCUT2D eigenvalue weighted by molar-refractivity contribution is 0.166. The Morgan fingerprint density at radius 3 is 2.76 bits per heavy atom. The Kier molecular flexibility index (Phi) is 5.86. The summed E-state index contributed by atoms with van der Waals surface area (Å²) in [6, 6.07) is 10.3. The summed E-state index contributed by atoms with van der Waals surface area (Å²) in [6.07, 6.45) is 3.99. The van der Waals surface area contributed by atoms with Gasteiger partial charge >= 0.3 is 6.09 Å². The first-order valence-corrected chi connectivity index (χ1v) is 5.75. The lowest BCUT2D eigenvalue weighted by atomic mass is 10.0. The molecule has 1 aromatic rings. The molecule has 0 aromatic heterocycles. The van der Waals surface area contributed by atoms with Crippen LogP contribution in [0.5, 0.6) is 0 Å². The minimum absolute atomic E-state index is 0.0835. The predicted octanol–water partition coefficient (Wildman–Crippen LogP) is 2.92. The lowest BCUT2D eigenvalue weighted by Crippen LogP contribution is -2.34. The summed E-state index contributed by atoms with van der Waals surface area (Å²) in [5.41, 5.74) is 1.27. The Hall–Kier alpha value is -1.77. The molecule has 1 aromatic carbocycles. The highest BCUT2D eigenvalue weighted by atomic mass is 16.5. The van der Waals surface area contributed by atoms with Crippen molar-refractivity contribution in [3.63, 3.8) is 0 Å². The highest BCUT2D eigenvalue weighted by Crippen LogP contribution is 2.07. The Labute approximate surface area is 102 Å². The lowest BCUT2D eigenvalue weighted by Gasteiger charge is -2.16. The Morgan fingerprint density at radius 1 is 1.47 bits per heavy atom. The summed E-state index contributed by atoms with van der Waals surface area (Å²) in [7, 11) is 1.37. The fourth-order valence-electron chi connectivity index (χ4n) is 1.66. The Morgan fingerprint density at radius 2 is 2.18 bits per heavy atom. The van der Waals surface area contributed by atoms with Crippen molar-refractivity contribution >= 4 is 6.09 Å². The van der Waals surface area contributed by atoms with Crippen LogP contribution in [0.2, 0.25) is 0 Å². The van der Waals surface area contributed by atoms with E-state index < -0.39 is 0 Å². The highest BCUT2D eigenvalue weighted by molar-refractivity contribution is 5.67. The molecule has 0 radical (unpaired) electrons. The standard InChI is InChI=1S/C14H19NO2/c1-3-7-13(15-14(16)17-2)11-10-12-8-5-4-6-9-12/h3-6,8-9,13H,1,7,10-11H2,2H3,(H,15,16)/t13-/m1/s1. The molecular weight excluding hydrogens is 214 g/mol. The molecule has 0 aliphatic heterocycles. The maximum absolute atomic E-state index is 11.1. The monoisotopic (exact) mass is 233 g/mol. The molecule has 3 nitrogen and oxygen atoms in total. The quantitative estimate of drug-likeness (QED) is 0.767. The van der Waals surface area contributed by atoms with Crippen LogP contribution in [-0.4, -0.2) is 19.2 Å². The van der Waals surface area contributed by atoms with Crippen molar-refractivity contribution in [2.45, 2.75) is 25.3 Å². The number of carbonyl (C=O) groups excluding carboxylic acids is 1. The van der Waals surface area contributed by atoms with Crippen molar-refractivity contribution in [1.29, 1.82) is 0 Å². The normalized spacial score (nSPS) is 11.6. The Bertz CT molecular complexity index is 348. The average molecular weight is 233 g/mol. The van der Waals surface area contributed by atoms with E-state index in [1.165, 1.54) is 12.7 Å². The van der Waals surface area contributed by atoms with Crippen LogP contribution in [0.25, 0.3) is 0 Å². The molecule has 1 N–H and O–H groups in total. The summed E-state index contributed by atoms with van der Waals surface area (Å²) < 4.78 is 4.59. The maximum Gasteiger partial charge on any atom is 0.407 e. The molecule has 0 saturated carbocycles. The van der Waals surface area contributed by atoms with Crippen LogP contribution in [0.1, 0.15) is 18.4 Å². The van der Waals surface area contributed by atoms with Crippen molar-refractivity contribution < 1.29 is 9.53 Å². The second kappa shape index (κ2) is 7.49. The molecule has 0 unspecified atom stereocenters. The molecule has 0 fully saturated rings. The zero-order chi connectivity index (χ0) is 12.5. The molecule has 1 amide bonds. The van der Waals surface area contributed by atoms with Gasteiger partial charge in [-0.15, -0.1) is 6.58 Å². The van der Waals surface area contributed by atoms with Gasteiger partial charge in [0.2, 0.25) is 0 Å². The summed E-state index contributed by atoms with van der Waals surface area (Å²) >= 11 is 0. The van der Waals surface area contributed by atoms with Crippen molar-refractivity contribution in [1.82, 2.24) is 5.32 Å². The molecule has 0 heterocycles. The van der Waals surface area contributed by atoms with Gasteiger partial charge < -0.3 is 10.1 Å². The van der Waals surface area contributed by atoms with Crippen LogP contribution >= 0.6 is 0 Å². The van der Waals surface area contributed by atoms with Gasteiger partial charge in [0.1, 0.15) is 0 Å². The van der Waals surface area contributed by atoms with Crippen LogP contribution in [0, 0.1) is 0 Å². The van der Waals surface area contributed by atoms with Crippen LogP contribution in [0.4, 0.5) is 4.79 Å². The molecule has 92 valence electrons. The summed E-state index contributed by atoms with van der Waals surface area (Å²) in [5.74, 6) is 0. The van der Waals surface area contributed by atoms with E-state index in [0.29, 0.717) is 0 Å². The fraction of sp³-hybridized carbons (Fsp3) is 0.357. The molecule has 0 bridgehead atoms. The number of alkyl carbamates (subject to hydrolysis) is 1. The SMILES string of the molecule is C=CC[C@H](CCc1ccccc1)NC(=O)OC. The molecule has 0 saturated heterocycles. The maximum atomic E-state index is 11.1. The van der Waals surface area contributed by atoms with Crippen LogP contribution < -0.4 is 5.32 Å². The van der Waals surface area contributed by atoms with Gasteiger partial charge in [-0.25, -0.2) is 4.79 Å². The molecule has 1 rings (SSSR count). The number of benzene rings is 1. The van der Waals surface area contributed by atoms with E-state index in [0.717, 1.165) is 19.3 Å². The molecule has 0 aliphatic rings. The van der Waals surface area contributed by atoms with E-state index in [1.54, 1.807) is 0 Å². The van der Waals surface area contributed by atoms with E-state index in [4.69, 9.17) is 0 Å². The second-order valence-corrected chi connectivity index (χ2v) is 3.88. The van der Waals surface area contributed by atoms with Gasteiger partial charge in [0.15, 0.2) is 0 Å². The predicted molar refractivity (Wildman–Crippen MR) is 68.9 cm³/mol. The first kappa shape index (κ1) is 13.3. The Balaban J connectivity index is 2.44. The molecule has 3 heteroatoms. The van der Waals surface area contributed by atoms with E-state index in [9.17, 15) is 4.79 Å². The topological polar surface area (TPSA) is 38.3 Å². The number of hydrogen-bond donors (Lipinski definition) is 1. The molecule has 1 atom stereocenters. The number of methoxy groups -OCH3 is 1. The zero-order valence-electron chi connectivity index (χ0n) is 10.2. The second-order valence-electron chi connectivity index (χ2n) is 3.88.